The number of carbonyl (C=O) groups excluding carboxylic acids is 3. The number of nitrogens with zero attached hydrogens (tertiary/aromatic N) is 1. The van der Waals surface area contributed by atoms with Crippen molar-refractivity contribution in [2.75, 3.05) is 19.8 Å². The van der Waals surface area contributed by atoms with E-state index in [1.54, 1.807) is 39.8 Å². The first-order valence-corrected chi connectivity index (χ1v) is 10.8. The van der Waals surface area contributed by atoms with Crippen molar-refractivity contribution in [1.29, 1.82) is 0 Å². The molecule has 1 aromatic carbocycles. The minimum absolute atomic E-state index is 0.0732. The number of hydrogen-bond acceptors (Lipinski definition) is 7. The Morgan fingerprint density at radius 3 is 2.25 bits per heavy atom. The van der Waals surface area contributed by atoms with E-state index in [0.717, 1.165) is 4.90 Å². The Bertz CT molecular complexity index is 883. The minimum Gasteiger partial charge on any atom is -0.493 e. The average Bonchev–Trinajstić information content (AvgIpc) is 3.51. The Hall–Kier alpha value is -2.87. The van der Waals surface area contributed by atoms with Crippen LogP contribution in [-0.4, -0.2) is 59.3 Å². The summed E-state index contributed by atoms with van der Waals surface area (Å²) in [5.41, 5.74) is -2.34. The average molecular weight is 446 g/mol. The number of hydrogen-bond donors (Lipinski definition) is 1. The molecule has 1 aliphatic carbocycles. The fraction of sp³-hybridized carbons (Fsp3) is 0.542. The SMILES string of the molecule is CC(C)(C(=O)OCC(O)COc1cccc(OCC2CC2)c1)C(C)(C)N1C(=O)C=CC1=O. The van der Waals surface area contributed by atoms with Crippen LogP contribution < -0.4 is 9.47 Å². The molecule has 1 fully saturated rings. The molecular weight excluding hydrogens is 414 g/mol. The quantitative estimate of drug-likeness (QED) is 0.412. The molecule has 8 nitrogen and oxygen atoms in total. The van der Waals surface area contributed by atoms with Crippen LogP contribution >= 0.6 is 0 Å². The fourth-order valence-electron chi connectivity index (χ4n) is 3.23. The third kappa shape index (κ3) is 5.30. The number of carbonyl (C=O) groups is 3. The summed E-state index contributed by atoms with van der Waals surface area (Å²) in [6, 6.07) is 7.17. The van der Waals surface area contributed by atoms with E-state index >= 15 is 0 Å². The van der Waals surface area contributed by atoms with Crippen molar-refractivity contribution < 1.29 is 33.7 Å². The molecule has 3 rings (SSSR count). The van der Waals surface area contributed by atoms with Crippen LogP contribution in [0, 0.1) is 11.3 Å². The number of aliphatic hydroxyl groups is 1. The van der Waals surface area contributed by atoms with Crippen LogP contribution in [0.25, 0.3) is 0 Å². The van der Waals surface area contributed by atoms with Gasteiger partial charge in [0.05, 0.1) is 17.6 Å². The Labute approximate surface area is 188 Å². The van der Waals surface area contributed by atoms with Crippen LogP contribution in [0.5, 0.6) is 11.5 Å². The van der Waals surface area contributed by atoms with Gasteiger partial charge < -0.3 is 19.3 Å². The van der Waals surface area contributed by atoms with Gasteiger partial charge in [0, 0.05) is 18.2 Å². The van der Waals surface area contributed by atoms with Crippen molar-refractivity contribution in [3.05, 3.63) is 36.4 Å². The molecule has 2 aliphatic rings. The molecular formula is C24H31NO7. The highest BCUT2D eigenvalue weighted by Crippen LogP contribution is 2.38. The molecule has 32 heavy (non-hydrogen) atoms. The summed E-state index contributed by atoms with van der Waals surface area (Å²) < 4.78 is 16.6. The van der Waals surface area contributed by atoms with Gasteiger partial charge in [0.2, 0.25) is 0 Å². The second kappa shape index (κ2) is 9.32. The highest BCUT2D eigenvalue weighted by atomic mass is 16.6. The summed E-state index contributed by atoms with van der Waals surface area (Å²) in [6.07, 6.45) is 3.72. The van der Waals surface area contributed by atoms with Crippen LogP contribution in [0.3, 0.4) is 0 Å². The number of benzene rings is 1. The first kappa shape index (κ1) is 23.8. The lowest BCUT2D eigenvalue weighted by molar-refractivity contribution is -0.169. The lowest BCUT2D eigenvalue weighted by atomic mass is 9.73. The summed E-state index contributed by atoms with van der Waals surface area (Å²) in [5, 5.41) is 10.2. The van der Waals surface area contributed by atoms with Gasteiger partial charge >= 0.3 is 5.97 Å². The molecule has 8 heteroatoms. The summed E-state index contributed by atoms with van der Waals surface area (Å²) in [5.74, 6) is 0.312. The number of esters is 1. The van der Waals surface area contributed by atoms with Gasteiger partial charge in [-0.1, -0.05) is 6.07 Å². The molecule has 2 amide bonds. The van der Waals surface area contributed by atoms with Crippen molar-refractivity contribution in [2.24, 2.45) is 11.3 Å². The van der Waals surface area contributed by atoms with Crippen molar-refractivity contribution in [3.8, 4) is 11.5 Å². The predicted octanol–water partition coefficient (Wildman–Crippen LogP) is 2.49. The largest absolute Gasteiger partial charge is 0.493 e. The van der Waals surface area contributed by atoms with Crippen LogP contribution in [0.4, 0.5) is 0 Å². The van der Waals surface area contributed by atoms with Crippen molar-refractivity contribution in [2.45, 2.75) is 52.2 Å². The molecule has 0 spiro atoms. The van der Waals surface area contributed by atoms with Crippen molar-refractivity contribution in [3.63, 3.8) is 0 Å². The Balaban J connectivity index is 1.49. The van der Waals surface area contributed by atoms with E-state index in [4.69, 9.17) is 14.2 Å². The molecule has 1 aliphatic heterocycles. The smallest absolute Gasteiger partial charge is 0.313 e. The first-order chi connectivity index (χ1) is 15.0. The lowest BCUT2D eigenvalue weighted by Crippen LogP contribution is -2.59. The molecule has 1 N–H and O–H groups in total. The van der Waals surface area contributed by atoms with Gasteiger partial charge in [-0.05, 0) is 58.6 Å². The maximum atomic E-state index is 12.8. The van der Waals surface area contributed by atoms with E-state index in [9.17, 15) is 19.5 Å². The molecule has 0 radical (unpaired) electrons. The normalized spacial score (nSPS) is 17.5. The second-order valence-corrected chi connectivity index (χ2v) is 9.32. The Morgan fingerprint density at radius 1 is 1.06 bits per heavy atom. The molecule has 174 valence electrons. The third-order valence-electron chi connectivity index (χ3n) is 6.25. The van der Waals surface area contributed by atoms with E-state index in [2.05, 4.69) is 0 Å². The van der Waals surface area contributed by atoms with E-state index in [1.165, 1.54) is 25.0 Å². The summed E-state index contributed by atoms with van der Waals surface area (Å²) in [6.45, 7) is 6.81. The molecule has 1 unspecified atom stereocenters. The van der Waals surface area contributed by atoms with Crippen LogP contribution in [0.1, 0.15) is 40.5 Å². The van der Waals surface area contributed by atoms with Crippen LogP contribution in [0.15, 0.2) is 36.4 Å². The number of amides is 2. The second-order valence-electron chi connectivity index (χ2n) is 9.32. The van der Waals surface area contributed by atoms with Gasteiger partial charge in [0.15, 0.2) is 0 Å². The number of imide groups is 1. The molecule has 1 saturated carbocycles. The van der Waals surface area contributed by atoms with E-state index in [-0.39, 0.29) is 13.2 Å². The monoisotopic (exact) mass is 445 g/mol. The van der Waals surface area contributed by atoms with E-state index < -0.39 is 34.8 Å². The van der Waals surface area contributed by atoms with E-state index in [1.807, 2.05) is 12.1 Å². The highest BCUT2D eigenvalue weighted by molar-refractivity contribution is 6.13. The van der Waals surface area contributed by atoms with Gasteiger partial charge in [0.1, 0.15) is 30.8 Å². The summed E-state index contributed by atoms with van der Waals surface area (Å²) >= 11 is 0. The topological polar surface area (TPSA) is 102 Å². The summed E-state index contributed by atoms with van der Waals surface area (Å²) in [4.78, 5) is 38.0. The fourth-order valence-corrected chi connectivity index (χ4v) is 3.23. The zero-order valence-electron chi connectivity index (χ0n) is 19.0. The molecule has 0 saturated heterocycles. The lowest BCUT2D eigenvalue weighted by Gasteiger charge is -2.44. The maximum absolute atomic E-state index is 12.8. The Kier molecular flexibility index (Phi) is 6.93. The molecule has 0 aromatic heterocycles. The third-order valence-corrected chi connectivity index (χ3v) is 6.25. The molecule has 0 bridgehead atoms. The first-order valence-electron chi connectivity index (χ1n) is 10.8. The zero-order valence-corrected chi connectivity index (χ0v) is 19.0. The number of rotatable bonds is 11. The molecule has 1 atom stereocenters. The van der Waals surface area contributed by atoms with Crippen molar-refractivity contribution in [1.82, 2.24) is 4.90 Å². The maximum Gasteiger partial charge on any atom is 0.313 e. The number of ether oxygens (including phenoxy) is 3. The summed E-state index contributed by atoms with van der Waals surface area (Å²) in [7, 11) is 0. The van der Waals surface area contributed by atoms with Gasteiger partial charge in [-0.25, -0.2) is 0 Å². The molecule has 1 heterocycles. The molecule has 1 aromatic rings. The van der Waals surface area contributed by atoms with E-state index in [0.29, 0.717) is 24.0 Å². The highest BCUT2D eigenvalue weighted by Gasteiger charge is 2.52. The van der Waals surface area contributed by atoms with Gasteiger partial charge in [-0.15, -0.1) is 0 Å². The van der Waals surface area contributed by atoms with Crippen LogP contribution in [0.2, 0.25) is 0 Å². The minimum atomic E-state index is -1.21. The van der Waals surface area contributed by atoms with Gasteiger partial charge in [-0.3, -0.25) is 19.3 Å². The van der Waals surface area contributed by atoms with Crippen LogP contribution in [-0.2, 0) is 19.1 Å². The Morgan fingerprint density at radius 2 is 1.66 bits per heavy atom. The number of aliphatic hydroxyl groups excluding tert-OH is 1. The van der Waals surface area contributed by atoms with Gasteiger partial charge in [-0.2, -0.15) is 0 Å². The van der Waals surface area contributed by atoms with Crippen molar-refractivity contribution >= 4 is 17.8 Å². The predicted molar refractivity (Wildman–Crippen MR) is 116 cm³/mol. The van der Waals surface area contributed by atoms with Gasteiger partial charge in [0.25, 0.3) is 11.8 Å². The zero-order chi connectivity index (χ0) is 23.5. The standard InChI is InChI=1S/C24H31NO7/c1-23(2,24(3,4)25-20(27)10-11-21(25)28)22(29)32-15-17(26)14-31-19-7-5-6-18(12-19)30-13-16-8-9-16/h5-7,10-12,16-17,26H,8-9,13-15H2,1-4H3.